The molecule has 0 heterocycles. The van der Waals surface area contributed by atoms with E-state index >= 15 is 0 Å². The number of amides is 1. The summed E-state index contributed by atoms with van der Waals surface area (Å²) in [5.41, 5.74) is 1.10. The van der Waals surface area contributed by atoms with E-state index in [1.54, 1.807) is 26.0 Å². The molecule has 3 rings (SSSR count). The van der Waals surface area contributed by atoms with Gasteiger partial charge in [-0.25, -0.2) is 0 Å². The van der Waals surface area contributed by atoms with Crippen molar-refractivity contribution < 1.29 is 28.8 Å². The van der Waals surface area contributed by atoms with Gasteiger partial charge in [0, 0.05) is 5.56 Å². The Kier molecular flexibility index (Phi) is 7.63. The second-order valence-electron chi connectivity index (χ2n) is 8.69. The topological polar surface area (TPSA) is 103 Å². The minimum Gasteiger partial charge on any atom is -0.493 e. The Morgan fingerprint density at radius 3 is 2.29 bits per heavy atom. The van der Waals surface area contributed by atoms with Crippen molar-refractivity contribution in [3.8, 4) is 34.1 Å². The predicted molar refractivity (Wildman–Crippen MR) is 129 cm³/mol. The fourth-order valence-electron chi connectivity index (χ4n) is 4.33. The number of nitrogens with one attached hydrogen (secondary N) is 1. The fourth-order valence-corrected chi connectivity index (χ4v) is 4.68. The maximum absolute atomic E-state index is 12.9. The predicted octanol–water partition coefficient (Wildman–Crippen LogP) is 3.67. The molecule has 1 aliphatic rings. The Labute approximate surface area is 203 Å². The van der Waals surface area contributed by atoms with Crippen molar-refractivity contribution in [1.82, 2.24) is 5.32 Å². The average Bonchev–Trinajstić information content (AvgIpc) is 3.01. The molecule has 0 spiro atoms. The van der Waals surface area contributed by atoms with Gasteiger partial charge in [-0.05, 0) is 55.5 Å². The second kappa shape index (κ2) is 10.1. The summed E-state index contributed by atoms with van der Waals surface area (Å²) < 4.78 is 22.1. The molecule has 0 fully saturated rings. The molecule has 0 aliphatic heterocycles. The van der Waals surface area contributed by atoms with E-state index in [1.165, 1.54) is 34.5 Å². The highest BCUT2D eigenvalue weighted by molar-refractivity contribution is 6.34. The number of ether oxygens (including phenoxy) is 4. The van der Waals surface area contributed by atoms with Crippen molar-refractivity contribution in [1.29, 1.82) is 0 Å². The molecule has 34 heavy (non-hydrogen) atoms. The highest BCUT2D eigenvalue weighted by Crippen LogP contribution is 2.54. The van der Waals surface area contributed by atoms with E-state index in [2.05, 4.69) is 5.32 Å². The molecule has 0 aromatic heterocycles. The highest BCUT2D eigenvalue weighted by atomic mass is 35.5. The summed E-state index contributed by atoms with van der Waals surface area (Å²) >= 11 is 6.77. The number of aliphatic hydroxyl groups is 1. The quantitative estimate of drug-likeness (QED) is 0.609. The normalized spacial score (nSPS) is 14.9. The summed E-state index contributed by atoms with van der Waals surface area (Å²) in [6.07, 6.45) is 0.813. The van der Waals surface area contributed by atoms with Gasteiger partial charge in [0.05, 0.1) is 51.5 Å². The van der Waals surface area contributed by atoms with Gasteiger partial charge in [0.1, 0.15) is 0 Å². The molecular weight excluding hydrogens is 462 g/mol. The van der Waals surface area contributed by atoms with Gasteiger partial charge < -0.3 is 29.4 Å². The molecule has 0 saturated carbocycles. The van der Waals surface area contributed by atoms with Gasteiger partial charge in [-0.1, -0.05) is 17.7 Å². The Bertz CT molecular complexity index is 1160. The largest absolute Gasteiger partial charge is 0.493 e. The maximum atomic E-state index is 12.9. The van der Waals surface area contributed by atoms with Crippen LogP contribution in [0, 0.1) is 0 Å². The van der Waals surface area contributed by atoms with Crippen LogP contribution in [0.3, 0.4) is 0 Å². The Balaban J connectivity index is 2.34. The highest BCUT2D eigenvalue weighted by Gasteiger charge is 2.33. The number of rotatable bonds is 7. The van der Waals surface area contributed by atoms with Gasteiger partial charge in [0.15, 0.2) is 17.2 Å². The van der Waals surface area contributed by atoms with Crippen LogP contribution >= 0.6 is 11.6 Å². The summed E-state index contributed by atoms with van der Waals surface area (Å²) in [5.74, 6) is 0.884. The number of hydrogen-bond donors (Lipinski definition) is 2. The molecule has 9 heteroatoms. The number of hydrogen-bond acceptors (Lipinski definition) is 7. The fraction of sp³-hybridized carbons (Fsp3) is 0.440. The van der Waals surface area contributed by atoms with E-state index in [4.69, 9.17) is 30.5 Å². The number of halogens is 1. The lowest BCUT2D eigenvalue weighted by Crippen LogP contribution is -2.35. The number of fused-ring (bicyclic) bond motifs is 3. The Morgan fingerprint density at radius 2 is 1.74 bits per heavy atom. The SMILES string of the molecule is COc1c(Cl)c2c(c(OC)c1OC)-c1ccc(OC)c(=O)cc1[C@@H](NC(=O)CC(C)(C)O)CC2. The molecule has 0 saturated heterocycles. The number of carbonyl (C=O) groups excluding carboxylic acids is 1. The number of benzene rings is 1. The van der Waals surface area contributed by atoms with Crippen LogP contribution in [-0.4, -0.2) is 45.1 Å². The molecule has 184 valence electrons. The minimum absolute atomic E-state index is 0.0932. The van der Waals surface area contributed by atoms with Gasteiger partial charge in [-0.15, -0.1) is 0 Å². The molecule has 0 radical (unpaired) electrons. The molecule has 8 nitrogen and oxygen atoms in total. The van der Waals surface area contributed by atoms with Crippen molar-refractivity contribution in [2.75, 3.05) is 28.4 Å². The molecular formula is C25H30ClNO7. The molecule has 1 aliphatic carbocycles. The van der Waals surface area contributed by atoms with Crippen LogP contribution in [0.25, 0.3) is 11.1 Å². The van der Waals surface area contributed by atoms with E-state index in [0.717, 1.165) is 5.56 Å². The summed E-state index contributed by atoms with van der Waals surface area (Å²) in [6.45, 7) is 3.13. The van der Waals surface area contributed by atoms with Gasteiger partial charge >= 0.3 is 0 Å². The lowest BCUT2D eigenvalue weighted by atomic mass is 9.95. The van der Waals surface area contributed by atoms with E-state index in [1.807, 2.05) is 0 Å². The van der Waals surface area contributed by atoms with E-state index in [-0.39, 0.29) is 23.5 Å². The average molecular weight is 492 g/mol. The third kappa shape index (κ3) is 4.93. The molecule has 2 aromatic carbocycles. The first-order chi connectivity index (χ1) is 16.1. The van der Waals surface area contributed by atoms with Crippen LogP contribution in [0.2, 0.25) is 5.02 Å². The van der Waals surface area contributed by atoms with Gasteiger partial charge in [0.2, 0.25) is 17.1 Å². The zero-order valence-electron chi connectivity index (χ0n) is 20.2. The van der Waals surface area contributed by atoms with Crippen molar-refractivity contribution in [3.05, 3.63) is 44.6 Å². The lowest BCUT2D eigenvalue weighted by molar-refractivity contribution is -0.125. The summed E-state index contributed by atoms with van der Waals surface area (Å²) in [4.78, 5) is 25.6. The molecule has 1 amide bonds. The van der Waals surface area contributed by atoms with Crippen molar-refractivity contribution in [3.63, 3.8) is 0 Å². The first-order valence-electron chi connectivity index (χ1n) is 10.8. The molecule has 0 unspecified atom stereocenters. The second-order valence-corrected chi connectivity index (χ2v) is 9.07. The van der Waals surface area contributed by atoms with E-state index < -0.39 is 11.6 Å². The van der Waals surface area contributed by atoms with Crippen LogP contribution in [-0.2, 0) is 11.2 Å². The Morgan fingerprint density at radius 1 is 1.09 bits per heavy atom. The van der Waals surface area contributed by atoms with Crippen LogP contribution in [0.1, 0.15) is 43.9 Å². The third-order valence-electron chi connectivity index (χ3n) is 5.74. The third-order valence-corrected chi connectivity index (χ3v) is 6.14. The van der Waals surface area contributed by atoms with Gasteiger partial charge in [-0.2, -0.15) is 0 Å². The zero-order valence-corrected chi connectivity index (χ0v) is 21.0. The summed E-state index contributed by atoms with van der Waals surface area (Å²) in [7, 11) is 5.92. The molecule has 2 aromatic rings. The number of methoxy groups -OCH3 is 4. The minimum atomic E-state index is -1.18. The van der Waals surface area contributed by atoms with Crippen LogP contribution < -0.4 is 29.7 Å². The van der Waals surface area contributed by atoms with Crippen molar-refractivity contribution in [2.45, 2.75) is 44.8 Å². The lowest BCUT2D eigenvalue weighted by Gasteiger charge is -2.22. The van der Waals surface area contributed by atoms with Crippen LogP contribution in [0.5, 0.6) is 23.0 Å². The number of carbonyl (C=O) groups is 1. The molecule has 2 N–H and O–H groups in total. The standard InChI is InChI=1S/C25H30ClNO7/c1-25(2,30)12-19(29)27-16-9-7-14-20(13-8-10-18(31-3)17(28)11-15(13)16)22(32-4)24(34-6)23(33-5)21(14)26/h8,10-11,16,30H,7,9,12H2,1-6H3,(H,27,29)/t16-/m0/s1. The molecule has 1 atom stereocenters. The van der Waals surface area contributed by atoms with Gasteiger partial charge in [-0.3, -0.25) is 9.59 Å². The van der Waals surface area contributed by atoms with Crippen molar-refractivity contribution >= 4 is 17.5 Å². The summed E-state index contributed by atoms with van der Waals surface area (Å²) in [5, 5.41) is 13.4. The maximum Gasteiger partial charge on any atom is 0.223 e. The van der Waals surface area contributed by atoms with E-state index in [0.29, 0.717) is 51.8 Å². The monoisotopic (exact) mass is 491 g/mol. The first-order valence-corrected chi connectivity index (χ1v) is 11.2. The van der Waals surface area contributed by atoms with Crippen LogP contribution in [0.15, 0.2) is 23.0 Å². The smallest absolute Gasteiger partial charge is 0.223 e. The zero-order chi connectivity index (χ0) is 25.2. The Hall–Kier alpha value is -2.97. The molecule has 0 bridgehead atoms. The van der Waals surface area contributed by atoms with Crippen molar-refractivity contribution in [2.24, 2.45) is 0 Å². The van der Waals surface area contributed by atoms with Crippen LogP contribution in [0.4, 0.5) is 0 Å². The van der Waals surface area contributed by atoms with Gasteiger partial charge in [0.25, 0.3) is 0 Å². The van der Waals surface area contributed by atoms with E-state index in [9.17, 15) is 14.7 Å². The summed E-state index contributed by atoms with van der Waals surface area (Å²) in [6, 6.07) is 4.26. The first kappa shape index (κ1) is 25.6.